The molecule has 0 aliphatic heterocycles. The molecule has 0 radical (unpaired) electrons. The summed E-state index contributed by atoms with van der Waals surface area (Å²) in [5, 5.41) is 7.20. The normalized spacial score (nSPS) is 9.30. The van der Waals surface area contributed by atoms with Crippen LogP contribution in [0.15, 0.2) is 12.1 Å². The van der Waals surface area contributed by atoms with E-state index in [1.54, 1.807) is 19.1 Å². The first kappa shape index (κ1) is 6.67. The van der Waals surface area contributed by atoms with E-state index >= 15 is 0 Å². The molecule has 1 heterocycles. The summed E-state index contributed by atoms with van der Waals surface area (Å²) in [4.78, 5) is 10.4. The largest absolute Gasteiger partial charge is 0.364 e. The molecule has 4 nitrogen and oxygen atoms in total. The van der Waals surface area contributed by atoms with Crippen molar-refractivity contribution in [1.29, 1.82) is 0 Å². The molecule has 1 rings (SSSR count). The maximum absolute atomic E-state index is 10.4. The molecule has 0 saturated heterocycles. The molecule has 0 aliphatic rings. The lowest BCUT2D eigenvalue weighted by Crippen LogP contribution is -2.13. The summed E-state index contributed by atoms with van der Waals surface area (Å²) in [7, 11) is 0. The highest BCUT2D eigenvalue weighted by Gasteiger charge is 1.99. The molecule has 0 fully saturated rings. The Labute approximate surface area is 58.1 Å². The van der Waals surface area contributed by atoms with Crippen molar-refractivity contribution in [3.63, 3.8) is 0 Å². The van der Waals surface area contributed by atoms with Gasteiger partial charge in [-0.2, -0.15) is 5.10 Å². The molecule has 0 atom stereocenters. The first-order valence-corrected chi connectivity index (χ1v) is 2.80. The van der Waals surface area contributed by atoms with Crippen LogP contribution in [0, 0.1) is 6.92 Å². The molecule has 52 valence electrons. The summed E-state index contributed by atoms with van der Waals surface area (Å²) in [5.41, 5.74) is 5.89. The molecule has 1 aromatic heterocycles. The number of nitrogens with two attached hydrogens (primary N) is 1. The lowest BCUT2D eigenvalue weighted by molar-refractivity contribution is 0.0994. The molecule has 0 saturated carbocycles. The Bertz CT molecular complexity index is 242. The molecule has 4 heteroatoms. The number of amides is 1. The van der Waals surface area contributed by atoms with Gasteiger partial charge in [-0.3, -0.25) is 4.79 Å². The van der Waals surface area contributed by atoms with Crippen LogP contribution >= 0.6 is 0 Å². The van der Waals surface area contributed by atoms with Crippen molar-refractivity contribution in [2.24, 2.45) is 5.73 Å². The van der Waals surface area contributed by atoms with E-state index in [4.69, 9.17) is 5.73 Å². The summed E-state index contributed by atoms with van der Waals surface area (Å²) >= 11 is 0. The Morgan fingerprint density at radius 3 is 2.60 bits per heavy atom. The number of aryl methyl sites for hydroxylation is 1. The smallest absolute Gasteiger partial charge is 0.269 e. The highest BCUT2D eigenvalue weighted by atomic mass is 16.1. The lowest BCUT2D eigenvalue weighted by Gasteiger charge is -1.91. The first-order chi connectivity index (χ1) is 4.70. The van der Waals surface area contributed by atoms with Gasteiger partial charge in [-0.1, -0.05) is 0 Å². The van der Waals surface area contributed by atoms with Crippen molar-refractivity contribution < 1.29 is 4.79 Å². The number of aromatic nitrogens is 2. The van der Waals surface area contributed by atoms with Crippen LogP contribution in [0.1, 0.15) is 16.2 Å². The molecule has 0 spiro atoms. The average molecular weight is 137 g/mol. The van der Waals surface area contributed by atoms with E-state index < -0.39 is 5.91 Å². The fourth-order valence-corrected chi connectivity index (χ4v) is 0.530. The van der Waals surface area contributed by atoms with Crippen LogP contribution in [0.2, 0.25) is 0 Å². The predicted octanol–water partition coefficient (Wildman–Crippen LogP) is -0.116. The Hall–Kier alpha value is -1.45. The van der Waals surface area contributed by atoms with Gasteiger partial charge in [0.25, 0.3) is 5.91 Å². The van der Waals surface area contributed by atoms with Crippen LogP contribution in [0.5, 0.6) is 0 Å². The van der Waals surface area contributed by atoms with Gasteiger partial charge in [-0.15, -0.1) is 5.10 Å². The molecular formula is C6H7N3O. The van der Waals surface area contributed by atoms with Crippen LogP contribution < -0.4 is 5.73 Å². The van der Waals surface area contributed by atoms with Gasteiger partial charge in [0.05, 0.1) is 5.69 Å². The second-order valence-electron chi connectivity index (χ2n) is 1.92. The molecule has 1 aromatic rings. The minimum Gasteiger partial charge on any atom is -0.364 e. The third-order valence-electron chi connectivity index (χ3n) is 1.05. The number of hydrogen-bond acceptors (Lipinski definition) is 3. The van der Waals surface area contributed by atoms with Gasteiger partial charge in [0.2, 0.25) is 0 Å². The van der Waals surface area contributed by atoms with Crippen molar-refractivity contribution in [3.05, 3.63) is 23.5 Å². The number of primary amides is 1. The summed E-state index contributed by atoms with van der Waals surface area (Å²) in [6, 6.07) is 3.23. The SMILES string of the molecule is Cc1ccc(C(N)=O)nn1. The average Bonchev–Trinajstić information content (AvgIpc) is 1.88. The third kappa shape index (κ3) is 1.28. The van der Waals surface area contributed by atoms with Crippen LogP contribution in [0.25, 0.3) is 0 Å². The summed E-state index contributed by atoms with van der Waals surface area (Å²) < 4.78 is 0. The molecule has 0 aliphatic carbocycles. The second-order valence-corrected chi connectivity index (χ2v) is 1.92. The molecule has 2 N–H and O–H groups in total. The van der Waals surface area contributed by atoms with E-state index in [1.807, 2.05) is 0 Å². The summed E-state index contributed by atoms with van der Waals surface area (Å²) in [6.07, 6.45) is 0. The lowest BCUT2D eigenvalue weighted by atomic mass is 10.3. The number of carbonyl (C=O) groups is 1. The van der Waals surface area contributed by atoms with Crippen molar-refractivity contribution in [2.45, 2.75) is 6.92 Å². The van der Waals surface area contributed by atoms with Crippen LogP contribution in [-0.4, -0.2) is 16.1 Å². The number of rotatable bonds is 1. The van der Waals surface area contributed by atoms with Gasteiger partial charge in [-0.05, 0) is 19.1 Å². The highest BCUT2D eigenvalue weighted by molar-refractivity contribution is 5.90. The van der Waals surface area contributed by atoms with Crippen LogP contribution in [0.3, 0.4) is 0 Å². The Morgan fingerprint density at radius 2 is 2.20 bits per heavy atom. The second kappa shape index (κ2) is 2.43. The van der Waals surface area contributed by atoms with Crippen molar-refractivity contribution in [1.82, 2.24) is 10.2 Å². The van der Waals surface area contributed by atoms with E-state index in [0.717, 1.165) is 5.69 Å². The van der Waals surface area contributed by atoms with E-state index in [0.29, 0.717) is 0 Å². The van der Waals surface area contributed by atoms with Gasteiger partial charge in [-0.25, -0.2) is 0 Å². The zero-order chi connectivity index (χ0) is 7.56. The molecular weight excluding hydrogens is 130 g/mol. The van der Waals surface area contributed by atoms with E-state index in [1.165, 1.54) is 0 Å². The zero-order valence-electron chi connectivity index (χ0n) is 5.53. The van der Waals surface area contributed by atoms with Crippen LogP contribution in [0.4, 0.5) is 0 Å². The zero-order valence-corrected chi connectivity index (χ0v) is 5.53. The summed E-state index contributed by atoms with van der Waals surface area (Å²) in [5.74, 6) is -0.549. The Morgan fingerprint density at radius 1 is 1.50 bits per heavy atom. The summed E-state index contributed by atoms with van der Waals surface area (Å²) in [6.45, 7) is 1.79. The first-order valence-electron chi connectivity index (χ1n) is 2.80. The van der Waals surface area contributed by atoms with Crippen molar-refractivity contribution >= 4 is 5.91 Å². The number of nitrogens with zero attached hydrogens (tertiary/aromatic N) is 2. The fourth-order valence-electron chi connectivity index (χ4n) is 0.530. The molecule has 0 bridgehead atoms. The van der Waals surface area contributed by atoms with Crippen molar-refractivity contribution in [3.8, 4) is 0 Å². The van der Waals surface area contributed by atoms with Gasteiger partial charge in [0.15, 0.2) is 5.69 Å². The van der Waals surface area contributed by atoms with E-state index in [-0.39, 0.29) is 5.69 Å². The quantitative estimate of drug-likeness (QED) is 0.586. The number of hydrogen-bond donors (Lipinski definition) is 1. The van der Waals surface area contributed by atoms with Crippen molar-refractivity contribution in [2.75, 3.05) is 0 Å². The third-order valence-corrected chi connectivity index (χ3v) is 1.05. The number of carbonyl (C=O) groups excluding carboxylic acids is 1. The van der Waals surface area contributed by atoms with E-state index in [2.05, 4.69) is 10.2 Å². The predicted molar refractivity (Wildman–Crippen MR) is 35.3 cm³/mol. The van der Waals surface area contributed by atoms with E-state index in [9.17, 15) is 4.79 Å². The maximum Gasteiger partial charge on any atom is 0.269 e. The molecule has 0 aromatic carbocycles. The monoisotopic (exact) mass is 137 g/mol. The molecule has 0 unspecified atom stereocenters. The molecule has 1 amide bonds. The van der Waals surface area contributed by atoms with Gasteiger partial charge in [0.1, 0.15) is 0 Å². The standard InChI is InChI=1S/C6H7N3O/c1-4-2-3-5(6(7)10)9-8-4/h2-3H,1H3,(H2,7,10). The fraction of sp³-hybridized carbons (Fsp3) is 0.167. The van der Waals surface area contributed by atoms with Gasteiger partial charge < -0.3 is 5.73 Å². The minimum atomic E-state index is -0.549. The Balaban J connectivity index is 3.00. The topological polar surface area (TPSA) is 68.9 Å². The van der Waals surface area contributed by atoms with Gasteiger partial charge in [0, 0.05) is 0 Å². The van der Waals surface area contributed by atoms with Crippen LogP contribution in [-0.2, 0) is 0 Å². The highest BCUT2D eigenvalue weighted by Crippen LogP contribution is 1.92. The maximum atomic E-state index is 10.4. The Kier molecular flexibility index (Phi) is 1.62. The molecule has 10 heavy (non-hydrogen) atoms. The van der Waals surface area contributed by atoms with Gasteiger partial charge >= 0.3 is 0 Å². The minimum absolute atomic E-state index is 0.200.